The molecule has 2 atom stereocenters. The van der Waals surface area contributed by atoms with E-state index in [0.29, 0.717) is 29.5 Å². The summed E-state index contributed by atoms with van der Waals surface area (Å²) in [5.41, 5.74) is 2.47. The van der Waals surface area contributed by atoms with Gasteiger partial charge in [0.15, 0.2) is 0 Å². The molecule has 1 heterocycles. The molecule has 1 aliphatic rings. The molecular formula is C27H26F3NO4. The Kier molecular flexibility index (Phi) is 7.19. The van der Waals surface area contributed by atoms with Crippen LogP contribution in [-0.2, 0) is 11.4 Å². The van der Waals surface area contributed by atoms with E-state index in [4.69, 9.17) is 14.6 Å². The van der Waals surface area contributed by atoms with Crippen molar-refractivity contribution >= 4 is 11.7 Å². The van der Waals surface area contributed by atoms with Crippen molar-refractivity contribution in [2.24, 2.45) is 5.92 Å². The van der Waals surface area contributed by atoms with E-state index < -0.39 is 24.1 Å². The second kappa shape index (κ2) is 10.3. The van der Waals surface area contributed by atoms with Crippen molar-refractivity contribution in [2.45, 2.75) is 38.6 Å². The second-order valence-electron chi connectivity index (χ2n) is 8.68. The third-order valence-corrected chi connectivity index (χ3v) is 6.08. The first-order chi connectivity index (χ1) is 16.7. The average molecular weight is 486 g/mol. The third kappa shape index (κ3) is 6.26. The molecule has 184 valence electrons. The quantitative estimate of drug-likeness (QED) is 0.390. The Bertz CT molecular complexity index is 1150. The van der Waals surface area contributed by atoms with E-state index in [1.165, 1.54) is 4.90 Å². The van der Waals surface area contributed by atoms with Gasteiger partial charge >= 0.3 is 12.1 Å². The Balaban J connectivity index is 1.41. The van der Waals surface area contributed by atoms with Gasteiger partial charge in [-0.25, -0.2) is 0 Å². The fraction of sp³-hybridized carbons (Fsp3) is 0.296. The molecule has 3 aromatic rings. The number of halogens is 3. The molecule has 3 aromatic carbocycles. The van der Waals surface area contributed by atoms with E-state index in [2.05, 4.69) is 0 Å². The summed E-state index contributed by atoms with van der Waals surface area (Å²) >= 11 is 0. The summed E-state index contributed by atoms with van der Waals surface area (Å²) < 4.78 is 51.6. The highest BCUT2D eigenvalue weighted by atomic mass is 19.4. The minimum absolute atomic E-state index is 0.230. The SMILES string of the molecule is Cc1cc(OCc2ccccc2)ccc1Oc1ccc(N2C[C@@H](C(F)(F)F)CC2CC(=O)O)cc1. The Morgan fingerprint density at radius 2 is 1.71 bits per heavy atom. The van der Waals surface area contributed by atoms with E-state index in [9.17, 15) is 18.0 Å². The predicted octanol–water partition coefficient (Wildman–Crippen LogP) is 6.60. The Morgan fingerprint density at radius 1 is 1.03 bits per heavy atom. The summed E-state index contributed by atoms with van der Waals surface area (Å²) in [5.74, 6) is -0.794. The molecule has 0 aromatic heterocycles. The number of rotatable bonds is 8. The average Bonchev–Trinajstić information content (AvgIpc) is 3.24. The van der Waals surface area contributed by atoms with E-state index in [0.717, 1.165) is 11.1 Å². The lowest BCUT2D eigenvalue weighted by Gasteiger charge is -2.26. The summed E-state index contributed by atoms with van der Waals surface area (Å²) in [7, 11) is 0. The van der Waals surface area contributed by atoms with Gasteiger partial charge in [-0.3, -0.25) is 4.79 Å². The number of hydrogen-bond donors (Lipinski definition) is 1. The summed E-state index contributed by atoms with van der Waals surface area (Å²) in [5, 5.41) is 9.14. The van der Waals surface area contributed by atoms with E-state index in [-0.39, 0.29) is 19.4 Å². The molecule has 1 unspecified atom stereocenters. The highest BCUT2D eigenvalue weighted by molar-refractivity contribution is 5.69. The fourth-order valence-corrected chi connectivity index (χ4v) is 4.26. The molecular weight excluding hydrogens is 459 g/mol. The zero-order valence-corrected chi connectivity index (χ0v) is 19.2. The van der Waals surface area contributed by atoms with Gasteiger partial charge in [0.25, 0.3) is 0 Å². The van der Waals surface area contributed by atoms with Crippen molar-refractivity contribution < 1.29 is 32.5 Å². The zero-order chi connectivity index (χ0) is 25.0. The van der Waals surface area contributed by atoms with Crippen molar-refractivity contribution in [2.75, 3.05) is 11.4 Å². The smallest absolute Gasteiger partial charge is 0.393 e. The largest absolute Gasteiger partial charge is 0.489 e. The molecule has 0 saturated carbocycles. The second-order valence-corrected chi connectivity index (χ2v) is 8.68. The molecule has 1 N–H and O–H groups in total. The van der Waals surface area contributed by atoms with Crippen LogP contribution in [0.5, 0.6) is 17.2 Å². The number of alkyl halides is 3. The van der Waals surface area contributed by atoms with Gasteiger partial charge in [0.05, 0.1) is 12.3 Å². The lowest BCUT2D eigenvalue weighted by atomic mass is 10.0. The van der Waals surface area contributed by atoms with Crippen LogP contribution in [0.1, 0.15) is 24.0 Å². The Morgan fingerprint density at radius 3 is 2.34 bits per heavy atom. The van der Waals surface area contributed by atoms with E-state index >= 15 is 0 Å². The minimum Gasteiger partial charge on any atom is -0.489 e. The van der Waals surface area contributed by atoms with Crippen LogP contribution in [0.3, 0.4) is 0 Å². The standard InChI is InChI=1S/C27H26F3NO4/c1-18-13-24(34-17-19-5-3-2-4-6-19)11-12-25(18)35-23-9-7-21(8-10-23)31-16-20(27(28,29)30)14-22(31)15-26(32)33/h2-13,20,22H,14-17H2,1H3,(H,32,33)/t20-,22?/m0/s1. The Hall–Kier alpha value is -3.68. The van der Waals surface area contributed by atoms with Crippen LogP contribution in [0, 0.1) is 12.8 Å². The minimum atomic E-state index is -4.36. The van der Waals surface area contributed by atoms with Gasteiger partial charge in [-0.2, -0.15) is 13.2 Å². The molecule has 0 bridgehead atoms. The molecule has 8 heteroatoms. The number of anilines is 1. The fourth-order valence-electron chi connectivity index (χ4n) is 4.26. The van der Waals surface area contributed by atoms with Crippen molar-refractivity contribution in [1.82, 2.24) is 0 Å². The summed E-state index contributed by atoms with van der Waals surface area (Å²) in [4.78, 5) is 12.7. The maximum atomic E-state index is 13.3. The summed E-state index contributed by atoms with van der Waals surface area (Å²) in [6.07, 6.45) is -4.93. The molecule has 5 nitrogen and oxygen atoms in total. The molecule has 0 spiro atoms. The van der Waals surface area contributed by atoms with Crippen molar-refractivity contribution in [3.63, 3.8) is 0 Å². The number of carboxylic acids is 1. The van der Waals surface area contributed by atoms with E-state index in [1.807, 2.05) is 49.4 Å². The number of benzene rings is 3. The zero-order valence-electron chi connectivity index (χ0n) is 19.2. The molecule has 4 rings (SSSR count). The van der Waals surface area contributed by atoms with Gasteiger partial charge in [-0.1, -0.05) is 30.3 Å². The number of hydrogen-bond acceptors (Lipinski definition) is 4. The molecule has 0 radical (unpaired) electrons. The first kappa shape index (κ1) is 24.4. The van der Waals surface area contributed by atoms with Crippen LogP contribution in [0.4, 0.5) is 18.9 Å². The number of carboxylic acid groups (broad SMARTS) is 1. The predicted molar refractivity (Wildman–Crippen MR) is 126 cm³/mol. The molecule has 1 fully saturated rings. The molecule has 0 amide bonds. The lowest BCUT2D eigenvalue weighted by molar-refractivity contribution is -0.169. The van der Waals surface area contributed by atoms with Gasteiger partial charge in [0, 0.05) is 18.3 Å². The van der Waals surface area contributed by atoms with Gasteiger partial charge < -0.3 is 19.5 Å². The van der Waals surface area contributed by atoms with Crippen molar-refractivity contribution in [1.29, 1.82) is 0 Å². The maximum Gasteiger partial charge on any atom is 0.393 e. The molecule has 1 aliphatic heterocycles. The van der Waals surface area contributed by atoms with Crippen LogP contribution in [0.15, 0.2) is 72.8 Å². The first-order valence-electron chi connectivity index (χ1n) is 11.3. The van der Waals surface area contributed by atoms with Gasteiger partial charge in [0.1, 0.15) is 23.9 Å². The van der Waals surface area contributed by atoms with Crippen LogP contribution >= 0.6 is 0 Å². The summed E-state index contributed by atoms with van der Waals surface area (Å²) in [6, 6.07) is 21.3. The number of ether oxygens (including phenoxy) is 2. The van der Waals surface area contributed by atoms with Gasteiger partial charge in [-0.15, -0.1) is 0 Å². The number of aliphatic carboxylic acids is 1. The van der Waals surface area contributed by atoms with Crippen molar-refractivity contribution in [3.05, 3.63) is 83.9 Å². The summed E-state index contributed by atoms with van der Waals surface area (Å²) in [6.45, 7) is 2.10. The highest BCUT2D eigenvalue weighted by Gasteiger charge is 2.47. The number of carbonyl (C=O) groups is 1. The first-order valence-corrected chi connectivity index (χ1v) is 11.3. The lowest BCUT2D eigenvalue weighted by Crippen LogP contribution is -2.32. The third-order valence-electron chi connectivity index (χ3n) is 6.08. The van der Waals surface area contributed by atoms with Crippen LogP contribution in [0.25, 0.3) is 0 Å². The molecule has 0 aliphatic carbocycles. The number of aryl methyl sites for hydroxylation is 1. The monoisotopic (exact) mass is 485 g/mol. The Labute approximate surface area is 201 Å². The van der Waals surface area contributed by atoms with Crippen LogP contribution < -0.4 is 14.4 Å². The van der Waals surface area contributed by atoms with Crippen LogP contribution in [0.2, 0.25) is 0 Å². The highest BCUT2D eigenvalue weighted by Crippen LogP contribution is 2.40. The van der Waals surface area contributed by atoms with Gasteiger partial charge in [0.2, 0.25) is 0 Å². The van der Waals surface area contributed by atoms with Gasteiger partial charge in [-0.05, 0) is 66.9 Å². The normalized spacial score (nSPS) is 17.9. The van der Waals surface area contributed by atoms with Crippen LogP contribution in [-0.4, -0.2) is 29.8 Å². The van der Waals surface area contributed by atoms with E-state index in [1.54, 1.807) is 30.3 Å². The topological polar surface area (TPSA) is 59.0 Å². The number of nitrogens with zero attached hydrogens (tertiary/aromatic N) is 1. The van der Waals surface area contributed by atoms with Crippen molar-refractivity contribution in [3.8, 4) is 17.2 Å². The molecule has 35 heavy (non-hydrogen) atoms. The maximum absolute atomic E-state index is 13.3. The molecule has 1 saturated heterocycles.